The minimum Gasteiger partial charge on any atom is -0.497 e. The SMILES string of the molecule is CCOC(=O)Cn1c(=NC(=O)Cc2ccc(OC)cc2)sc2ccccc21. The zero-order chi connectivity index (χ0) is 19.2. The third kappa shape index (κ3) is 4.62. The summed E-state index contributed by atoms with van der Waals surface area (Å²) >= 11 is 1.38. The van der Waals surface area contributed by atoms with Crippen LogP contribution in [0.4, 0.5) is 0 Å². The van der Waals surface area contributed by atoms with Crippen LogP contribution < -0.4 is 9.54 Å². The molecule has 0 bridgehead atoms. The largest absolute Gasteiger partial charge is 0.497 e. The van der Waals surface area contributed by atoms with Crippen LogP contribution in [0.3, 0.4) is 0 Å². The molecular formula is C20H20N2O4S. The van der Waals surface area contributed by atoms with Crippen molar-refractivity contribution in [2.24, 2.45) is 4.99 Å². The molecular weight excluding hydrogens is 364 g/mol. The van der Waals surface area contributed by atoms with E-state index in [9.17, 15) is 9.59 Å². The summed E-state index contributed by atoms with van der Waals surface area (Å²) in [5.41, 5.74) is 1.70. The average Bonchev–Trinajstić information content (AvgIpc) is 2.99. The Morgan fingerprint density at radius 2 is 1.85 bits per heavy atom. The van der Waals surface area contributed by atoms with Crippen LogP contribution in [0.5, 0.6) is 5.75 Å². The third-order valence-electron chi connectivity index (χ3n) is 3.92. The van der Waals surface area contributed by atoms with Gasteiger partial charge in [-0.15, -0.1) is 0 Å². The van der Waals surface area contributed by atoms with Crippen molar-refractivity contribution >= 4 is 33.4 Å². The first kappa shape index (κ1) is 18.8. The Labute approximate surface area is 160 Å². The van der Waals surface area contributed by atoms with Crippen molar-refractivity contribution in [2.75, 3.05) is 13.7 Å². The number of carbonyl (C=O) groups is 2. The number of methoxy groups -OCH3 is 1. The topological polar surface area (TPSA) is 69.9 Å². The van der Waals surface area contributed by atoms with Gasteiger partial charge in [-0.2, -0.15) is 4.99 Å². The summed E-state index contributed by atoms with van der Waals surface area (Å²) in [5, 5.41) is 0. The fourth-order valence-electron chi connectivity index (χ4n) is 2.66. The molecule has 0 aliphatic heterocycles. The highest BCUT2D eigenvalue weighted by atomic mass is 32.1. The molecule has 6 nitrogen and oxygen atoms in total. The van der Waals surface area contributed by atoms with E-state index in [2.05, 4.69) is 4.99 Å². The monoisotopic (exact) mass is 384 g/mol. The lowest BCUT2D eigenvalue weighted by molar-refractivity contribution is -0.143. The molecule has 3 aromatic rings. The number of thiazole rings is 1. The maximum Gasteiger partial charge on any atom is 0.326 e. The Balaban J connectivity index is 1.91. The van der Waals surface area contributed by atoms with Gasteiger partial charge in [-0.1, -0.05) is 35.6 Å². The van der Waals surface area contributed by atoms with Crippen LogP contribution in [0.2, 0.25) is 0 Å². The van der Waals surface area contributed by atoms with E-state index in [-0.39, 0.29) is 24.8 Å². The summed E-state index contributed by atoms with van der Waals surface area (Å²) in [6, 6.07) is 14.9. The maximum absolute atomic E-state index is 12.5. The number of hydrogen-bond acceptors (Lipinski definition) is 5. The van der Waals surface area contributed by atoms with E-state index in [1.54, 1.807) is 18.6 Å². The number of para-hydroxylation sites is 1. The summed E-state index contributed by atoms with van der Waals surface area (Å²) in [7, 11) is 1.60. The van der Waals surface area contributed by atoms with Crippen molar-refractivity contribution in [3.8, 4) is 5.75 Å². The molecule has 7 heteroatoms. The van der Waals surface area contributed by atoms with E-state index in [1.165, 1.54) is 11.3 Å². The molecule has 0 aliphatic rings. The second-order valence-electron chi connectivity index (χ2n) is 5.77. The third-order valence-corrected chi connectivity index (χ3v) is 4.97. The summed E-state index contributed by atoms with van der Waals surface area (Å²) in [6.07, 6.45) is 0.178. The fraction of sp³-hybridized carbons (Fsp3) is 0.250. The molecule has 0 unspecified atom stereocenters. The Morgan fingerprint density at radius 1 is 1.11 bits per heavy atom. The predicted molar refractivity (Wildman–Crippen MR) is 104 cm³/mol. The Hall–Kier alpha value is -2.93. The van der Waals surface area contributed by atoms with Crippen LogP contribution in [-0.2, 0) is 27.3 Å². The van der Waals surface area contributed by atoms with Crippen LogP contribution >= 0.6 is 11.3 Å². The Bertz CT molecular complexity index is 1020. The number of nitrogens with zero attached hydrogens (tertiary/aromatic N) is 2. The van der Waals surface area contributed by atoms with Crippen LogP contribution in [0.1, 0.15) is 12.5 Å². The lowest BCUT2D eigenvalue weighted by Crippen LogP contribution is -2.23. The molecule has 0 radical (unpaired) electrons. The molecule has 1 aromatic heterocycles. The first-order valence-electron chi connectivity index (χ1n) is 8.55. The normalized spacial score (nSPS) is 11.6. The van der Waals surface area contributed by atoms with Gasteiger partial charge in [-0.3, -0.25) is 9.59 Å². The van der Waals surface area contributed by atoms with Gasteiger partial charge in [0.15, 0.2) is 4.80 Å². The van der Waals surface area contributed by atoms with E-state index >= 15 is 0 Å². The first-order chi connectivity index (χ1) is 13.1. The van der Waals surface area contributed by atoms with Crippen molar-refractivity contribution in [2.45, 2.75) is 19.9 Å². The van der Waals surface area contributed by atoms with Crippen LogP contribution in [0.15, 0.2) is 53.5 Å². The number of fused-ring (bicyclic) bond motifs is 1. The highest BCUT2D eigenvalue weighted by molar-refractivity contribution is 7.16. The Morgan fingerprint density at radius 3 is 2.56 bits per heavy atom. The maximum atomic E-state index is 12.5. The van der Waals surface area contributed by atoms with E-state index in [4.69, 9.17) is 9.47 Å². The van der Waals surface area contributed by atoms with Gasteiger partial charge < -0.3 is 14.0 Å². The fourth-order valence-corrected chi connectivity index (χ4v) is 3.71. The zero-order valence-electron chi connectivity index (χ0n) is 15.2. The van der Waals surface area contributed by atoms with E-state index in [1.807, 2.05) is 48.5 Å². The second kappa shape index (κ2) is 8.64. The number of carbonyl (C=O) groups excluding carboxylic acids is 2. The van der Waals surface area contributed by atoms with Crippen molar-refractivity contribution in [1.29, 1.82) is 0 Å². The molecule has 27 heavy (non-hydrogen) atoms. The lowest BCUT2D eigenvalue weighted by Gasteiger charge is -2.05. The smallest absolute Gasteiger partial charge is 0.326 e. The molecule has 3 rings (SSSR count). The number of benzene rings is 2. The van der Waals surface area contributed by atoms with E-state index in [0.29, 0.717) is 11.4 Å². The molecule has 0 N–H and O–H groups in total. The number of amides is 1. The zero-order valence-corrected chi connectivity index (χ0v) is 16.0. The van der Waals surface area contributed by atoms with E-state index < -0.39 is 0 Å². The van der Waals surface area contributed by atoms with E-state index in [0.717, 1.165) is 21.5 Å². The quantitative estimate of drug-likeness (QED) is 0.613. The predicted octanol–water partition coefficient (Wildman–Crippen LogP) is 2.94. The number of hydrogen-bond donors (Lipinski definition) is 0. The molecule has 0 saturated carbocycles. The van der Waals surface area contributed by atoms with Crippen LogP contribution in [0, 0.1) is 0 Å². The minimum absolute atomic E-state index is 0.0203. The molecule has 0 aliphatic carbocycles. The van der Waals surface area contributed by atoms with Crippen molar-refractivity contribution in [3.63, 3.8) is 0 Å². The Kier molecular flexibility index (Phi) is 6.03. The number of aromatic nitrogens is 1. The molecule has 1 heterocycles. The van der Waals surface area contributed by atoms with Gasteiger partial charge >= 0.3 is 5.97 Å². The standard InChI is InChI=1S/C20H20N2O4S/c1-3-26-19(24)13-22-16-6-4-5-7-17(16)27-20(22)21-18(23)12-14-8-10-15(25-2)11-9-14/h4-11H,3,12-13H2,1-2H3. The summed E-state index contributed by atoms with van der Waals surface area (Å²) in [5.74, 6) is 0.106. The molecule has 140 valence electrons. The van der Waals surface area contributed by atoms with Crippen LogP contribution in [-0.4, -0.2) is 30.2 Å². The van der Waals surface area contributed by atoms with Gasteiger partial charge in [0.2, 0.25) is 0 Å². The van der Waals surface area contributed by atoms with Crippen molar-refractivity contribution < 1.29 is 19.1 Å². The summed E-state index contributed by atoms with van der Waals surface area (Å²) in [6.45, 7) is 2.09. The summed E-state index contributed by atoms with van der Waals surface area (Å²) < 4.78 is 12.9. The molecule has 0 saturated heterocycles. The van der Waals surface area contributed by atoms with Gasteiger partial charge in [0.1, 0.15) is 12.3 Å². The average molecular weight is 384 g/mol. The summed E-state index contributed by atoms with van der Waals surface area (Å²) in [4.78, 5) is 29.2. The molecule has 0 fully saturated rings. The molecule has 1 amide bonds. The number of ether oxygens (including phenoxy) is 2. The highest BCUT2D eigenvalue weighted by Crippen LogP contribution is 2.17. The van der Waals surface area contributed by atoms with Crippen molar-refractivity contribution in [1.82, 2.24) is 4.57 Å². The highest BCUT2D eigenvalue weighted by Gasteiger charge is 2.12. The minimum atomic E-state index is -0.356. The van der Waals surface area contributed by atoms with Gasteiger partial charge in [0, 0.05) is 0 Å². The van der Waals surface area contributed by atoms with Gasteiger partial charge in [-0.25, -0.2) is 0 Å². The van der Waals surface area contributed by atoms with Gasteiger partial charge in [0.05, 0.1) is 30.4 Å². The van der Waals surface area contributed by atoms with Gasteiger partial charge in [-0.05, 0) is 36.8 Å². The van der Waals surface area contributed by atoms with Crippen LogP contribution in [0.25, 0.3) is 10.2 Å². The van der Waals surface area contributed by atoms with Crippen molar-refractivity contribution in [3.05, 3.63) is 58.9 Å². The molecule has 0 atom stereocenters. The molecule has 2 aromatic carbocycles. The van der Waals surface area contributed by atoms with Gasteiger partial charge in [0.25, 0.3) is 5.91 Å². The lowest BCUT2D eigenvalue weighted by atomic mass is 10.1. The second-order valence-corrected chi connectivity index (χ2v) is 6.78. The molecule has 0 spiro atoms. The number of rotatable bonds is 6. The number of esters is 1. The first-order valence-corrected chi connectivity index (χ1v) is 9.37.